The molecule has 1 aromatic carbocycles. The molecule has 0 fully saturated rings. The highest BCUT2D eigenvalue weighted by Gasteiger charge is 2.19. The summed E-state index contributed by atoms with van der Waals surface area (Å²) in [7, 11) is 0. The predicted octanol–water partition coefficient (Wildman–Crippen LogP) is 3.51. The van der Waals surface area contributed by atoms with Crippen molar-refractivity contribution in [2.45, 2.75) is 13.3 Å². The largest absolute Gasteiger partial charge is 0.506 e. The van der Waals surface area contributed by atoms with Crippen LogP contribution in [-0.2, 0) is 6.42 Å². The molecule has 0 saturated heterocycles. The fourth-order valence-corrected chi connectivity index (χ4v) is 2.49. The summed E-state index contributed by atoms with van der Waals surface area (Å²) in [6, 6.07) is 10.0. The van der Waals surface area contributed by atoms with Crippen LogP contribution in [0.2, 0.25) is 5.02 Å². The second-order valence-corrected chi connectivity index (χ2v) is 5.24. The normalized spacial score (nSPS) is 10.8. The van der Waals surface area contributed by atoms with E-state index < -0.39 is 0 Å². The first-order valence-electron chi connectivity index (χ1n) is 6.86. The number of imidazole rings is 1. The van der Waals surface area contributed by atoms with Crippen molar-refractivity contribution in [2.75, 3.05) is 5.32 Å². The van der Waals surface area contributed by atoms with Crippen LogP contribution in [0.4, 0.5) is 5.69 Å². The minimum Gasteiger partial charge on any atom is -0.506 e. The van der Waals surface area contributed by atoms with Crippen molar-refractivity contribution in [3.8, 4) is 5.75 Å². The Morgan fingerprint density at radius 1 is 1.36 bits per heavy atom. The number of nitrogens with zero attached hydrogens (tertiary/aromatic N) is 2. The first-order chi connectivity index (χ1) is 10.6. The summed E-state index contributed by atoms with van der Waals surface area (Å²) >= 11 is 5.90. The summed E-state index contributed by atoms with van der Waals surface area (Å²) in [5.74, 6) is -0.377. The SMILES string of the molecule is CCc1nc2ccccn2c1C(=O)Nc1cc(Cl)ccc1O. The monoisotopic (exact) mass is 315 g/mol. The number of phenols is 1. The molecule has 0 saturated carbocycles. The average Bonchev–Trinajstić information content (AvgIpc) is 2.89. The first-order valence-corrected chi connectivity index (χ1v) is 7.23. The number of hydrogen-bond acceptors (Lipinski definition) is 3. The van der Waals surface area contributed by atoms with Gasteiger partial charge in [-0.2, -0.15) is 0 Å². The molecule has 0 bridgehead atoms. The van der Waals surface area contributed by atoms with E-state index in [1.807, 2.05) is 25.1 Å². The maximum absolute atomic E-state index is 12.6. The fraction of sp³-hybridized carbons (Fsp3) is 0.125. The molecule has 0 atom stereocenters. The van der Waals surface area contributed by atoms with Gasteiger partial charge >= 0.3 is 0 Å². The highest BCUT2D eigenvalue weighted by Crippen LogP contribution is 2.27. The van der Waals surface area contributed by atoms with Gasteiger partial charge in [0.1, 0.15) is 17.1 Å². The van der Waals surface area contributed by atoms with E-state index in [1.54, 1.807) is 16.7 Å². The summed E-state index contributed by atoms with van der Waals surface area (Å²) < 4.78 is 1.73. The molecule has 112 valence electrons. The number of pyridine rings is 1. The maximum Gasteiger partial charge on any atom is 0.274 e. The molecule has 2 aromatic heterocycles. The lowest BCUT2D eigenvalue weighted by molar-refractivity contribution is 0.102. The molecule has 1 amide bonds. The van der Waals surface area contributed by atoms with Crippen molar-refractivity contribution >= 4 is 28.8 Å². The molecule has 6 heteroatoms. The van der Waals surface area contributed by atoms with Gasteiger partial charge in [-0.05, 0) is 36.8 Å². The molecule has 0 aliphatic rings. The number of aryl methyl sites for hydroxylation is 1. The van der Waals surface area contributed by atoms with Crippen molar-refractivity contribution in [3.05, 3.63) is 59.0 Å². The lowest BCUT2D eigenvalue weighted by Crippen LogP contribution is -2.16. The zero-order chi connectivity index (χ0) is 15.7. The van der Waals surface area contributed by atoms with Gasteiger partial charge < -0.3 is 10.4 Å². The number of amides is 1. The van der Waals surface area contributed by atoms with E-state index in [2.05, 4.69) is 10.3 Å². The van der Waals surface area contributed by atoms with Gasteiger partial charge in [0.2, 0.25) is 0 Å². The minimum atomic E-state index is -0.340. The van der Waals surface area contributed by atoms with E-state index in [4.69, 9.17) is 11.6 Å². The van der Waals surface area contributed by atoms with Crippen LogP contribution in [0.25, 0.3) is 5.65 Å². The van der Waals surface area contributed by atoms with Crippen molar-refractivity contribution in [1.29, 1.82) is 0 Å². The number of carbonyl (C=O) groups excluding carboxylic acids is 1. The highest BCUT2D eigenvalue weighted by atomic mass is 35.5. The number of fused-ring (bicyclic) bond motifs is 1. The molecule has 0 radical (unpaired) electrons. The number of aromatic nitrogens is 2. The number of phenolic OH excluding ortho intramolecular Hbond substituents is 1. The molecule has 2 heterocycles. The van der Waals surface area contributed by atoms with Gasteiger partial charge in [0, 0.05) is 11.2 Å². The predicted molar refractivity (Wildman–Crippen MR) is 85.6 cm³/mol. The van der Waals surface area contributed by atoms with Gasteiger partial charge in [0.15, 0.2) is 0 Å². The third-order valence-corrected chi connectivity index (χ3v) is 3.59. The van der Waals surface area contributed by atoms with Crippen LogP contribution in [0.3, 0.4) is 0 Å². The van der Waals surface area contributed by atoms with E-state index in [0.717, 1.165) is 0 Å². The number of anilines is 1. The molecule has 3 aromatic rings. The second-order valence-electron chi connectivity index (χ2n) is 4.81. The zero-order valence-electron chi connectivity index (χ0n) is 11.9. The highest BCUT2D eigenvalue weighted by molar-refractivity contribution is 6.31. The van der Waals surface area contributed by atoms with Gasteiger partial charge in [-0.25, -0.2) is 4.98 Å². The van der Waals surface area contributed by atoms with Crippen LogP contribution >= 0.6 is 11.6 Å². The summed E-state index contributed by atoms with van der Waals surface area (Å²) in [5.41, 5.74) is 2.13. The summed E-state index contributed by atoms with van der Waals surface area (Å²) in [6.07, 6.45) is 2.42. The molecule has 22 heavy (non-hydrogen) atoms. The Kier molecular flexibility index (Phi) is 3.73. The molecular formula is C16H14ClN3O2. The van der Waals surface area contributed by atoms with E-state index in [1.165, 1.54) is 12.1 Å². The molecule has 0 spiro atoms. The number of rotatable bonds is 3. The Morgan fingerprint density at radius 2 is 2.18 bits per heavy atom. The van der Waals surface area contributed by atoms with E-state index in [0.29, 0.717) is 28.5 Å². The number of carbonyl (C=O) groups is 1. The van der Waals surface area contributed by atoms with Crippen LogP contribution in [0.15, 0.2) is 42.6 Å². The van der Waals surface area contributed by atoms with E-state index in [9.17, 15) is 9.90 Å². The first kappa shape index (κ1) is 14.4. The number of halogens is 1. The van der Waals surface area contributed by atoms with Gasteiger partial charge in [-0.3, -0.25) is 9.20 Å². The number of benzene rings is 1. The molecule has 2 N–H and O–H groups in total. The van der Waals surface area contributed by atoms with Crippen LogP contribution < -0.4 is 5.32 Å². The Labute approximate surface area is 132 Å². The van der Waals surface area contributed by atoms with Gasteiger partial charge in [-0.15, -0.1) is 0 Å². The van der Waals surface area contributed by atoms with Crippen LogP contribution in [0.5, 0.6) is 5.75 Å². The van der Waals surface area contributed by atoms with E-state index in [-0.39, 0.29) is 17.3 Å². The Balaban J connectivity index is 2.03. The second kappa shape index (κ2) is 5.69. The molecular weight excluding hydrogens is 302 g/mol. The molecule has 0 aliphatic carbocycles. The maximum atomic E-state index is 12.6. The van der Waals surface area contributed by atoms with Crippen molar-refractivity contribution < 1.29 is 9.90 Å². The van der Waals surface area contributed by atoms with Crippen molar-refractivity contribution in [2.24, 2.45) is 0 Å². The molecule has 0 unspecified atom stereocenters. The van der Waals surface area contributed by atoms with Gasteiger partial charge in [0.25, 0.3) is 5.91 Å². The third kappa shape index (κ3) is 2.51. The third-order valence-electron chi connectivity index (χ3n) is 3.36. The zero-order valence-corrected chi connectivity index (χ0v) is 12.6. The van der Waals surface area contributed by atoms with E-state index >= 15 is 0 Å². The fourth-order valence-electron chi connectivity index (χ4n) is 2.32. The lowest BCUT2D eigenvalue weighted by Gasteiger charge is -2.08. The van der Waals surface area contributed by atoms with Crippen molar-refractivity contribution in [1.82, 2.24) is 9.38 Å². The standard InChI is InChI=1S/C16H14ClN3O2/c1-2-11-15(20-8-4-3-5-14(20)18-11)16(22)19-12-9-10(17)6-7-13(12)21/h3-9,21H,2H2,1H3,(H,19,22). The van der Waals surface area contributed by atoms with Crippen LogP contribution in [0.1, 0.15) is 23.1 Å². The topological polar surface area (TPSA) is 66.6 Å². The quantitative estimate of drug-likeness (QED) is 0.727. The Hall–Kier alpha value is -2.53. The summed E-state index contributed by atoms with van der Waals surface area (Å²) in [6.45, 7) is 1.94. The summed E-state index contributed by atoms with van der Waals surface area (Å²) in [5, 5.41) is 12.9. The number of hydrogen-bond donors (Lipinski definition) is 2. The van der Waals surface area contributed by atoms with Gasteiger partial charge in [-0.1, -0.05) is 24.6 Å². The van der Waals surface area contributed by atoms with Crippen LogP contribution in [-0.4, -0.2) is 20.4 Å². The lowest BCUT2D eigenvalue weighted by atomic mass is 10.2. The summed E-state index contributed by atoms with van der Waals surface area (Å²) in [4.78, 5) is 17.1. The average molecular weight is 316 g/mol. The molecule has 5 nitrogen and oxygen atoms in total. The number of nitrogens with one attached hydrogen (secondary N) is 1. The smallest absolute Gasteiger partial charge is 0.274 e. The number of aromatic hydroxyl groups is 1. The molecule has 0 aliphatic heterocycles. The van der Waals surface area contributed by atoms with Gasteiger partial charge in [0.05, 0.1) is 11.4 Å². The molecule has 3 rings (SSSR count). The Morgan fingerprint density at radius 3 is 2.95 bits per heavy atom. The minimum absolute atomic E-state index is 0.0374. The van der Waals surface area contributed by atoms with Crippen molar-refractivity contribution in [3.63, 3.8) is 0 Å². The Bertz CT molecular complexity index is 858. The van der Waals surface area contributed by atoms with Crippen LogP contribution in [0, 0.1) is 0 Å².